The smallest absolute Gasteiger partial charge is 0.387 e. The van der Waals surface area contributed by atoms with E-state index >= 15 is 0 Å². The molecule has 0 atom stereocenters. The number of carbonyl (C=O) groups is 1. The lowest BCUT2D eigenvalue weighted by Crippen LogP contribution is -2.13. The molecule has 0 saturated carbocycles. The van der Waals surface area contributed by atoms with Crippen molar-refractivity contribution in [3.63, 3.8) is 0 Å². The summed E-state index contributed by atoms with van der Waals surface area (Å²) in [6.07, 6.45) is 0. The third kappa shape index (κ3) is 4.69. The number of hydrogen-bond donors (Lipinski definition) is 1. The Morgan fingerprint density at radius 2 is 1.64 bits per heavy atom. The van der Waals surface area contributed by atoms with Crippen molar-refractivity contribution in [3.05, 3.63) is 54.1 Å². The fourth-order valence-electron chi connectivity index (χ4n) is 1.85. The standard InChI is InChI=1S/C15H11F4NO4S/c16-14(17)24-11-3-1-2-9(8-11)13(21)20-10-4-6-12(7-5-10)25(22,23)15(18)19/h1-8,14-15H,(H,20,21). The Hall–Kier alpha value is -2.62. The van der Waals surface area contributed by atoms with Gasteiger partial charge in [0.25, 0.3) is 5.91 Å². The van der Waals surface area contributed by atoms with Crippen LogP contribution in [0.5, 0.6) is 5.75 Å². The van der Waals surface area contributed by atoms with Crippen LogP contribution in [0.25, 0.3) is 0 Å². The zero-order valence-corrected chi connectivity index (χ0v) is 13.1. The fraction of sp³-hybridized carbons (Fsp3) is 0.133. The van der Waals surface area contributed by atoms with Gasteiger partial charge in [0.1, 0.15) is 5.75 Å². The first-order valence-corrected chi connectivity index (χ1v) is 8.23. The summed E-state index contributed by atoms with van der Waals surface area (Å²) < 4.78 is 76.0. The highest BCUT2D eigenvalue weighted by atomic mass is 32.2. The minimum absolute atomic E-state index is 0.0161. The van der Waals surface area contributed by atoms with Crippen LogP contribution in [0.4, 0.5) is 23.2 Å². The Balaban J connectivity index is 2.13. The number of anilines is 1. The van der Waals surface area contributed by atoms with Gasteiger partial charge in [-0.15, -0.1) is 0 Å². The van der Waals surface area contributed by atoms with Gasteiger partial charge in [-0.25, -0.2) is 8.42 Å². The van der Waals surface area contributed by atoms with E-state index in [0.717, 1.165) is 30.3 Å². The number of sulfone groups is 1. The monoisotopic (exact) mass is 377 g/mol. The molecular weight excluding hydrogens is 366 g/mol. The van der Waals surface area contributed by atoms with Crippen LogP contribution in [0, 0.1) is 0 Å². The van der Waals surface area contributed by atoms with E-state index in [0.29, 0.717) is 0 Å². The van der Waals surface area contributed by atoms with Gasteiger partial charge in [0, 0.05) is 11.3 Å². The predicted octanol–water partition coefficient (Wildman–Crippen LogP) is 3.54. The summed E-state index contributed by atoms with van der Waals surface area (Å²) in [6, 6.07) is 9.14. The van der Waals surface area contributed by atoms with Gasteiger partial charge in [0.05, 0.1) is 4.90 Å². The minimum atomic E-state index is -4.73. The molecule has 0 heterocycles. The summed E-state index contributed by atoms with van der Waals surface area (Å²) >= 11 is 0. The number of hydrogen-bond acceptors (Lipinski definition) is 4. The first-order chi connectivity index (χ1) is 11.7. The van der Waals surface area contributed by atoms with E-state index in [4.69, 9.17) is 0 Å². The van der Waals surface area contributed by atoms with E-state index in [1.807, 2.05) is 0 Å². The summed E-state index contributed by atoms with van der Waals surface area (Å²) in [5, 5.41) is 2.38. The number of ether oxygens (including phenoxy) is 1. The fourth-order valence-corrected chi connectivity index (χ4v) is 2.57. The van der Waals surface area contributed by atoms with Crippen LogP contribution < -0.4 is 10.1 Å². The molecule has 0 aliphatic heterocycles. The van der Waals surface area contributed by atoms with E-state index < -0.39 is 33.0 Å². The van der Waals surface area contributed by atoms with E-state index in [2.05, 4.69) is 10.1 Å². The molecule has 1 N–H and O–H groups in total. The van der Waals surface area contributed by atoms with Gasteiger partial charge in [-0.05, 0) is 42.5 Å². The highest BCUT2D eigenvalue weighted by Crippen LogP contribution is 2.21. The highest BCUT2D eigenvalue weighted by Gasteiger charge is 2.26. The molecule has 0 fully saturated rings. The molecule has 1 amide bonds. The normalized spacial score (nSPS) is 11.6. The maximum Gasteiger partial charge on any atom is 0.387 e. The highest BCUT2D eigenvalue weighted by molar-refractivity contribution is 7.91. The van der Waals surface area contributed by atoms with Crippen LogP contribution in [0.3, 0.4) is 0 Å². The molecule has 0 bridgehead atoms. The van der Waals surface area contributed by atoms with Crippen LogP contribution in [0.15, 0.2) is 53.4 Å². The Morgan fingerprint density at radius 1 is 1.00 bits per heavy atom. The maximum absolute atomic E-state index is 12.4. The van der Waals surface area contributed by atoms with E-state index in [-0.39, 0.29) is 17.0 Å². The van der Waals surface area contributed by atoms with Crippen molar-refractivity contribution >= 4 is 21.4 Å². The first kappa shape index (κ1) is 18.7. The van der Waals surface area contributed by atoms with E-state index in [1.165, 1.54) is 18.2 Å². The molecule has 5 nitrogen and oxygen atoms in total. The molecule has 25 heavy (non-hydrogen) atoms. The van der Waals surface area contributed by atoms with Crippen molar-refractivity contribution in [1.29, 1.82) is 0 Å². The van der Waals surface area contributed by atoms with Gasteiger partial charge in [0.15, 0.2) is 0 Å². The molecule has 134 valence electrons. The SMILES string of the molecule is O=C(Nc1ccc(S(=O)(=O)C(F)F)cc1)c1cccc(OC(F)F)c1. The van der Waals surface area contributed by atoms with Crippen LogP contribution in [-0.4, -0.2) is 26.7 Å². The number of amides is 1. The van der Waals surface area contributed by atoms with Crippen molar-refractivity contribution in [2.24, 2.45) is 0 Å². The van der Waals surface area contributed by atoms with Gasteiger partial charge in [-0.2, -0.15) is 17.6 Å². The molecular formula is C15H11F4NO4S. The molecule has 0 aromatic heterocycles. The lowest BCUT2D eigenvalue weighted by atomic mass is 10.2. The van der Waals surface area contributed by atoms with Crippen molar-refractivity contribution in [2.75, 3.05) is 5.32 Å². The minimum Gasteiger partial charge on any atom is -0.435 e. The largest absolute Gasteiger partial charge is 0.435 e. The number of carbonyl (C=O) groups excluding carboxylic acids is 1. The Labute approximate surface area is 140 Å². The molecule has 2 rings (SSSR count). The van der Waals surface area contributed by atoms with Crippen LogP contribution in [0.2, 0.25) is 0 Å². The zero-order valence-electron chi connectivity index (χ0n) is 12.3. The second-order valence-electron chi connectivity index (χ2n) is 4.69. The first-order valence-electron chi connectivity index (χ1n) is 6.68. The molecule has 0 aliphatic carbocycles. The number of nitrogens with one attached hydrogen (secondary N) is 1. The molecule has 0 saturated heterocycles. The van der Waals surface area contributed by atoms with Gasteiger partial charge >= 0.3 is 12.4 Å². The molecule has 0 aliphatic rings. The van der Waals surface area contributed by atoms with Gasteiger partial charge in [0.2, 0.25) is 9.84 Å². The van der Waals surface area contributed by atoms with E-state index in [1.54, 1.807) is 0 Å². The molecule has 0 spiro atoms. The zero-order chi connectivity index (χ0) is 18.6. The lowest BCUT2D eigenvalue weighted by Gasteiger charge is -2.09. The van der Waals surface area contributed by atoms with Gasteiger partial charge in [-0.1, -0.05) is 6.07 Å². The topological polar surface area (TPSA) is 72.5 Å². The van der Waals surface area contributed by atoms with Crippen molar-refractivity contribution in [3.8, 4) is 5.75 Å². The average Bonchev–Trinajstić information content (AvgIpc) is 2.54. The number of rotatable bonds is 6. The number of benzene rings is 2. The second kappa shape index (κ2) is 7.51. The number of alkyl halides is 4. The van der Waals surface area contributed by atoms with Gasteiger partial charge < -0.3 is 10.1 Å². The molecule has 0 radical (unpaired) electrons. The molecule has 10 heteroatoms. The van der Waals surface area contributed by atoms with Crippen LogP contribution in [-0.2, 0) is 9.84 Å². The third-order valence-electron chi connectivity index (χ3n) is 3.00. The summed E-state index contributed by atoms with van der Waals surface area (Å²) in [5.41, 5.74) is 0.154. The summed E-state index contributed by atoms with van der Waals surface area (Å²) in [4.78, 5) is 11.5. The van der Waals surface area contributed by atoms with Crippen LogP contribution >= 0.6 is 0 Å². The van der Waals surface area contributed by atoms with E-state index in [9.17, 15) is 30.8 Å². The quantitative estimate of drug-likeness (QED) is 0.782. The third-order valence-corrected chi connectivity index (χ3v) is 4.40. The van der Waals surface area contributed by atoms with Gasteiger partial charge in [-0.3, -0.25) is 4.79 Å². The number of halogens is 4. The summed E-state index contributed by atoms with van der Waals surface area (Å²) in [6.45, 7) is -3.04. The summed E-state index contributed by atoms with van der Waals surface area (Å²) in [5.74, 6) is -4.43. The average molecular weight is 377 g/mol. The predicted molar refractivity (Wildman–Crippen MR) is 80.7 cm³/mol. The molecule has 2 aromatic carbocycles. The Bertz CT molecular complexity index is 854. The van der Waals surface area contributed by atoms with Crippen molar-refractivity contribution in [1.82, 2.24) is 0 Å². The molecule has 0 unspecified atom stereocenters. The van der Waals surface area contributed by atoms with Crippen molar-refractivity contribution < 1.29 is 35.5 Å². The molecule has 2 aromatic rings. The Kier molecular flexibility index (Phi) is 5.62. The maximum atomic E-state index is 12.4. The summed E-state index contributed by atoms with van der Waals surface area (Å²) in [7, 11) is -4.73. The Morgan fingerprint density at radius 3 is 2.20 bits per heavy atom. The lowest BCUT2D eigenvalue weighted by molar-refractivity contribution is -0.0498. The van der Waals surface area contributed by atoms with Crippen molar-refractivity contribution in [2.45, 2.75) is 17.3 Å². The van der Waals surface area contributed by atoms with Crippen LogP contribution in [0.1, 0.15) is 10.4 Å². The second-order valence-corrected chi connectivity index (χ2v) is 6.61.